The van der Waals surface area contributed by atoms with Gasteiger partial charge in [-0.3, -0.25) is 4.79 Å². The number of amides is 1. The van der Waals surface area contributed by atoms with Gasteiger partial charge in [-0.1, -0.05) is 34.9 Å². The Balaban J connectivity index is 1.89. The maximum absolute atomic E-state index is 12.2. The summed E-state index contributed by atoms with van der Waals surface area (Å²) >= 11 is 3.15. The average Bonchev–Trinajstić information content (AvgIpc) is 2.96. The Morgan fingerprint density at radius 3 is 2.48 bits per heavy atom. The molecular weight excluding hydrogens is 362 g/mol. The van der Waals surface area contributed by atoms with Crippen molar-refractivity contribution in [1.29, 1.82) is 0 Å². The fourth-order valence-corrected chi connectivity index (χ4v) is 3.88. The molecule has 0 unspecified atom stereocenters. The predicted molar refractivity (Wildman–Crippen MR) is 91.7 cm³/mol. The summed E-state index contributed by atoms with van der Waals surface area (Å²) in [5.74, 6) is -2.65. The predicted octanol–water partition coefficient (Wildman–Crippen LogP) is 4.01. The lowest BCUT2D eigenvalue weighted by molar-refractivity contribution is -0.115. The molecule has 2 rings (SSSR count). The molecule has 124 valence electrons. The number of aromatic nitrogens is 2. The number of hydrogen-bond donors (Lipinski definition) is 2. The van der Waals surface area contributed by atoms with Crippen molar-refractivity contribution in [3.8, 4) is 0 Å². The fraction of sp³-hybridized carbons (Fsp3) is 0.308. The van der Waals surface area contributed by atoms with Crippen LogP contribution in [-0.4, -0.2) is 34.2 Å². The van der Waals surface area contributed by atoms with E-state index in [2.05, 4.69) is 20.8 Å². The molecule has 1 amide bonds. The van der Waals surface area contributed by atoms with Gasteiger partial charge in [0, 0.05) is 17.6 Å². The number of benzene rings is 1. The molecule has 0 fully saturated rings. The zero-order chi connectivity index (χ0) is 16.8. The topological polar surface area (TPSA) is 66.9 Å². The Bertz CT molecular complexity index is 651. The maximum Gasteiger partial charge on any atom is 0.288 e. The monoisotopic (exact) mass is 376 g/mol. The third kappa shape index (κ3) is 5.63. The third-order valence-electron chi connectivity index (χ3n) is 2.61. The molecule has 1 heterocycles. The van der Waals surface area contributed by atoms with Crippen LogP contribution in [-0.2, 0) is 4.79 Å². The number of thioether (sulfide) groups is 2. The first kappa shape index (κ1) is 18.0. The van der Waals surface area contributed by atoms with Crippen LogP contribution in [0.25, 0.3) is 0 Å². The zero-order valence-electron chi connectivity index (χ0n) is 12.2. The van der Waals surface area contributed by atoms with Crippen LogP contribution in [0.3, 0.4) is 0 Å². The number of rotatable bonds is 7. The van der Waals surface area contributed by atoms with Gasteiger partial charge in [0.2, 0.25) is 11.0 Å². The van der Waals surface area contributed by atoms with Crippen LogP contribution < -0.4 is 10.6 Å². The Morgan fingerprint density at radius 1 is 1.22 bits per heavy atom. The van der Waals surface area contributed by atoms with Gasteiger partial charge in [0.15, 0.2) is 4.34 Å². The molecule has 1 aromatic heterocycles. The highest BCUT2D eigenvalue weighted by Crippen LogP contribution is 2.30. The van der Waals surface area contributed by atoms with Crippen molar-refractivity contribution < 1.29 is 13.6 Å². The molecule has 5 nitrogen and oxygen atoms in total. The van der Waals surface area contributed by atoms with Gasteiger partial charge in [-0.2, -0.15) is 8.78 Å². The lowest BCUT2D eigenvalue weighted by Crippen LogP contribution is -2.22. The van der Waals surface area contributed by atoms with E-state index in [-0.39, 0.29) is 11.2 Å². The molecule has 1 atom stereocenters. The van der Waals surface area contributed by atoms with E-state index < -0.39 is 5.76 Å². The Morgan fingerprint density at radius 2 is 1.91 bits per heavy atom. The lowest BCUT2D eigenvalue weighted by Gasteiger charge is -2.10. The smallest absolute Gasteiger partial charge is 0.288 e. The molecule has 0 bridgehead atoms. The highest BCUT2D eigenvalue weighted by Gasteiger charge is 2.17. The molecule has 10 heteroatoms. The summed E-state index contributed by atoms with van der Waals surface area (Å²) in [6.07, 6.45) is 0. The van der Waals surface area contributed by atoms with Crippen LogP contribution in [0.5, 0.6) is 0 Å². The first-order valence-electron chi connectivity index (χ1n) is 6.51. The molecule has 23 heavy (non-hydrogen) atoms. The van der Waals surface area contributed by atoms with Crippen molar-refractivity contribution in [1.82, 2.24) is 10.2 Å². The van der Waals surface area contributed by atoms with Crippen LogP contribution >= 0.6 is 34.9 Å². The van der Waals surface area contributed by atoms with Gasteiger partial charge in [-0.25, -0.2) is 0 Å². The molecule has 2 N–H and O–H groups in total. The number of halogens is 2. The minimum absolute atomic E-state index is 0.189. The Kier molecular flexibility index (Phi) is 6.60. The number of hydrogen-bond acceptors (Lipinski definition) is 7. The van der Waals surface area contributed by atoms with Gasteiger partial charge >= 0.3 is 0 Å². The van der Waals surface area contributed by atoms with Gasteiger partial charge in [0.1, 0.15) is 0 Å². The van der Waals surface area contributed by atoms with Gasteiger partial charge in [0.25, 0.3) is 5.76 Å². The molecule has 0 spiro atoms. The summed E-state index contributed by atoms with van der Waals surface area (Å²) in [6.45, 7) is 1.77. The summed E-state index contributed by atoms with van der Waals surface area (Å²) in [6, 6.07) is 6.30. The van der Waals surface area contributed by atoms with Crippen molar-refractivity contribution in [3.05, 3.63) is 24.3 Å². The molecule has 0 saturated heterocycles. The second-order valence-electron chi connectivity index (χ2n) is 4.28. The van der Waals surface area contributed by atoms with Gasteiger partial charge < -0.3 is 10.6 Å². The van der Waals surface area contributed by atoms with Crippen LogP contribution in [0.4, 0.5) is 19.6 Å². The van der Waals surface area contributed by atoms with Gasteiger partial charge in [0.05, 0.1) is 5.25 Å². The van der Waals surface area contributed by atoms with E-state index in [0.717, 1.165) is 0 Å². The molecule has 0 radical (unpaired) electrons. The van der Waals surface area contributed by atoms with Crippen molar-refractivity contribution in [3.63, 3.8) is 0 Å². The largest absolute Gasteiger partial charge is 0.363 e. The van der Waals surface area contributed by atoms with Crippen molar-refractivity contribution in [2.45, 2.75) is 27.2 Å². The van der Waals surface area contributed by atoms with Crippen molar-refractivity contribution >= 4 is 51.6 Å². The first-order chi connectivity index (χ1) is 11.0. The minimum Gasteiger partial charge on any atom is -0.363 e. The normalized spacial score (nSPS) is 12.2. The summed E-state index contributed by atoms with van der Waals surface area (Å²) in [7, 11) is 1.75. The highest BCUT2D eigenvalue weighted by atomic mass is 32.2. The van der Waals surface area contributed by atoms with Gasteiger partial charge in [-0.05, 0) is 31.2 Å². The number of carbonyl (C=O) groups is 1. The Hall–Kier alpha value is -1.39. The van der Waals surface area contributed by atoms with E-state index in [4.69, 9.17) is 0 Å². The lowest BCUT2D eigenvalue weighted by atomic mass is 10.3. The number of nitrogens with zero attached hydrogens (tertiary/aromatic N) is 2. The summed E-state index contributed by atoms with van der Waals surface area (Å²) in [4.78, 5) is 12.6. The number of nitrogens with one attached hydrogen (secondary N) is 2. The number of anilines is 2. The SMILES string of the molecule is CNc1nnc(S[C@@H](C)C(=O)Nc2ccc(SC(F)F)cc2)s1. The van der Waals surface area contributed by atoms with E-state index in [1.807, 2.05) is 0 Å². The van der Waals surface area contributed by atoms with E-state index in [1.54, 1.807) is 38.2 Å². The highest BCUT2D eigenvalue weighted by molar-refractivity contribution is 8.02. The molecule has 0 aliphatic heterocycles. The molecular formula is C13H14F2N4OS3. The third-order valence-corrected chi connectivity index (χ3v) is 5.46. The van der Waals surface area contributed by atoms with Gasteiger partial charge in [-0.15, -0.1) is 10.2 Å². The number of carbonyl (C=O) groups excluding carboxylic acids is 1. The van der Waals surface area contributed by atoms with E-state index >= 15 is 0 Å². The average molecular weight is 376 g/mol. The van der Waals surface area contributed by atoms with E-state index in [1.165, 1.54) is 23.1 Å². The quantitative estimate of drug-likeness (QED) is 0.712. The molecule has 0 saturated carbocycles. The summed E-state index contributed by atoms with van der Waals surface area (Å²) in [5.41, 5.74) is 0.564. The van der Waals surface area contributed by atoms with E-state index in [9.17, 15) is 13.6 Å². The van der Waals surface area contributed by atoms with Crippen LogP contribution in [0.1, 0.15) is 6.92 Å². The Labute approximate surface area is 144 Å². The minimum atomic E-state index is -2.46. The first-order valence-corrected chi connectivity index (χ1v) is 9.09. The second-order valence-corrected chi connectivity index (χ2v) is 7.90. The van der Waals surface area contributed by atoms with Crippen molar-refractivity contribution in [2.75, 3.05) is 17.7 Å². The molecule has 0 aliphatic rings. The van der Waals surface area contributed by atoms with Crippen LogP contribution in [0.15, 0.2) is 33.5 Å². The second kappa shape index (κ2) is 8.46. The molecule has 2 aromatic rings. The molecule has 1 aromatic carbocycles. The van der Waals surface area contributed by atoms with Crippen LogP contribution in [0, 0.1) is 0 Å². The van der Waals surface area contributed by atoms with Crippen molar-refractivity contribution in [2.24, 2.45) is 0 Å². The zero-order valence-corrected chi connectivity index (χ0v) is 14.7. The van der Waals surface area contributed by atoms with E-state index in [0.29, 0.717) is 31.8 Å². The number of alkyl halides is 2. The summed E-state index contributed by atoms with van der Waals surface area (Å²) < 4.78 is 25.2. The molecule has 0 aliphatic carbocycles. The summed E-state index contributed by atoms with van der Waals surface area (Å²) in [5, 5.41) is 13.8. The maximum atomic E-state index is 12.2. The van der Waals surface area contributed by atoms with Crippen LogP contribution in [0.2, 0.25) is 0 Å². The fourth-order valence-electron chi connectivity index (χ4n) is 1.53. The standard InChI is InChI=1S/C13H14F2N4OS3/c1-7(21-13-19-18-12(16-2)23-13)10(20)17-8-3-5-9(6-4-8)22-11(14)15/h3-7,11H,1-2H3,(H,16,18)(H,17,20)/t7-/m0/s1.